The first-order chi connectivity index (χ1) is 22.6. The number of hydrogen-bond donors (Lipinski definition) is 4. The van der Waals surface area contributed by atoms with Crippen LogP contribution in [0.3, 0.4) is 0 Å². The van der Waals surface area contributed by atoms with Crippen LogP contribution in [0.15, 0.2) is 51.4 Å². The number of rotatable bonds is 11. The van der Waals surface area contributed by atoms with Gasteiger partial charge in [0.2, 0.25) is 16.9 Å². The highest BCUT2D eigenvalue weighted by Crippen LogP contribution is 2.35. The number of carbonyl (C=O) groups is 4. The molecule has 48 heavy (non-hydrogen) atoms. The highest BCUT2D eigenvalue weighted by atomic mass is 32.3. The number of oxime groups is 1. The number of anilines is 1. The van der Waals surface area contributed by atoms with E-state index in [-0.39, 0.29) is 58.9 Å². The first-order valence-electron chi connectivity index (χ1n) is 14.3. The summed E-state index contributed by atoms with van der Waals surface area (Å²) < 4.78 is 40.4. The number of thioether (sulfide) groups is 1. The Hall–Kier alpha value is -4.31. The normalized spacial score (nSPS) is 19.4. The van der Waals surface area contributed by atoms with Crippen molar-refractivity contribution in [3.63, 3.8) is 0 Å². The highest BCUT2D eigenvalue weighted by molar-refractivity contribution is 7.99. The smallest absolute Gasteiger partial charge is 0.356 e. The molecular formula is C27H33N7O11S3. The van der Waals surface area contributed by atoms with E-state index in [1.54, 1.807) is 36.4 Å². The molecule has 1 aliphatic carbocycles. The fourth-order valence-electron chi connectivity index (χ4n) is 4.89. The predicted molar refractivity (Wildman–Crippen MR) is 168 cm³/mol. The molecule has 5 N–H and O–H groups in total. The van der Waals surface area contributed by atoms with E-state index in [2.05, 4.69) is 15.5 Å². The van der Waals surface area contributed by atoms with Crippen molar-refractivity contribution in [3.05, 3.63) is 47.1 Å². The number of nitrogens with one attached hydrogen (secondary N) is 1. The summed E-state index contributed by atoms with van der Waals surface area (Å²) in [6.45, 7) is 0.198. The molecule has 2 aromatic heterocycles. The number of ether oxygens (including phenoxy) is 1. The first-order valence-corrected chi connectivity index (χ1v) is 17.5. The summed E-state index contributed by atoms with van der Waals surface area (Å²) in [6, 6.07) is 1.90. The molecule has 1 saturated heterocycles. The predicted octanol–water partition coefficient (Wildman–Crippen LogP) is -0.417. The van der Waals surface area contributed by atoms with Gasteiger partial charge in [-0.15, -0.1) is 23.1 Å². The van der Waals surface area contributed by atoms with Crippen molar-refractivity contribution in [2.24, 2.45) is 5.16 Å². The molecule has 3 amide bonds. The van der Waals surface area contributed by atoms with Crippen molar-refractivity contribution in [2.75, 3.05) is 32.2 Å². The van der Waals surface area contributed by atoms with Gasteiger partial charge in [-0.2, -0.15) is 4.57 Å². The Kier molecular flexibility index (Phi) is 12.0. The molecule has 2 fully saturated rings. The number of nitrogens with zero attached hydrogens (tertiary/aromatic N) is 5. The lowest BCUT2D eigenvalue weighted by Gasteiger charge is -2.49. The van der Waals surface area contributed by atoms with Crippen molar-refractivity contribution in [1.29, 1.82) is 0 Å². The molecule has 0 spiro atoms. The van der Waals surface area contributed by atoms with E-state index in [1.165, 1.54) is 16.7 Å². The third-order valence-electron chi connectivity index (χ3n) is 7.26. The number of carbonyl (C=O) groups excluding carboxylic acids is 3. The largest absolute Gasteiger partial charge is 0.726 e. The highest BCUT2D eigenvalue weighted by Gasteiger charge is 2.55. The second kappa shape index (κ2) is 15.7. The van der Waals surface area contributed by atoms with Gasteiger partial charge in [-0.05, 0) is 25.7 Å². The zero-order valence-electron chi connectivity index (χ0n) is 25.7. The Morgan fingerprint density at radius 2 is 1.94 bits per heavy atom. The average Bonchev–Trinajstić information content (AvgIpc) is 3.70. The monoisotopic (exact) mass is 727 g/mol. The summed E-state index contributed by atoms with van der Waals surface area (Å²) >= 11 is 2.47. The summed E-state index contributed by atoms with van der Waals surface area (Å²) in [5.41, 5.74) is 5.62. The molecule has 21 heteroatoms. The number of aromatic nitrogens is 2. The number of hydrogen-bond acceptors (Lipinski definition) is 14. The van der Waals surface area contributed by atoms with E-state index in [1.807, 2.05) is 12.1 Å². The number of β-lactam (4-membered cyclic amide) rings is 1. The third-order valence-corrected chi connectivity index (χ3v) is 8.95. The number of likely N-dealkylation sites (N-methyl/N-ethyl adjacent to an activating group) is 1. The Bertz CT molecular complexity index is 1700. The van der Waals surface area contributed by atoms with Gasteiger partial charge >= 0.3 is 5.97 Å². The molecule has 0 bridgehead atoms. The van der Waals surface area contributed by atoms with Crippen LogP contribution in [0.4, 0.5) is 5.13 Å². The maximum Gasteiger partial charge on any atom is 0.356 e. The fraction of sp³-hybridized carbons (Fsp3) is 0.444. The van der Waals surface area contributed by atoms with Crippen LogP contribution in [-0.2, 0) is 45.7 Å². The summed E-state index contributed by atoms with van der Waals surface area (Å²) in [7, 11) is -1.54. The Morgan fingerprint density at radius 3 is 2.50 bits per heavy atom. The lowest BCUT2D eigenvalue weighted by Crippen LogP contribution is -2.73. The van der Waals surface area contributed by atoms with E-state index >= 15 is 0 Å². The van der Waals surface area contributed by atoms with Crippen LogP contribution in [0, 0.1) is 0 Å². The number of nitrogens with two attached hydrogens (primary N) is 1. The fourth-order valence-corrected chi connectivity index (χ4v) is 6.27. The van der Waals surface area contributed by atoms with Crippen LogP contribution in [-0.4, -0.2) is 111 Å². The van der Waals surface area contributed by atoms with E-state index in [9.17, 15) is 24.3 Å². The number of pyridine rings is 1. The zero-order chi connectivity index (χ0) is 35.2. The quantitative estimate of drug-likeness (QED) is 0.0436. The number of nitrogen functional groups attached to an aromatic ring is 1. The first kappa shape index (κ1) is 36.5. The van der Waals surface area contributed by atoms with E-state index in [0.29, 0.717) is 0 Å². The molecule has 0 unspecified atom stereocenters. The van der Waals surface area contributed by atoms with Gasteiger partial charge in [0.1, 0.15) is 36.2 Å². The lowest BCUT2D eigenvalue weighted by atomic mass is 9.92. The van der Waals surface area contributed by atoms with E-state index in [0.717, 1.165) is 46.8 Å². The molecular weight excluding hydrogens is 695 g/mol. The zero-order valence-corrected chi connectivity index (χ0v) is 28.1. The summed E-state index contributed by atoms with van der Waals surface area (Å²) in [5, 5.41) is 18.5. The second-order valence-electron chi connectivity index (χ2n) is 10.8. The Labute approximate surface area is 283 Å². The van der Waals surface area contributed by atoms with Crippen molar-refractivity contribution >= 4 is 68.0 Å². The summed E-state index contributed by atoms with van der Waals surface area (Å²) in [6.07, 6.45) is 7.12. The molecule has 260 valence electrons. The number of aliphatic carboxylic acids is 1. The molecule has 1 saturated carbocycles. The van der Waals surface area contributed by atoms with Crippen LogP contribution < -0.4 is 15.6 Å². The third kappa shape index (κ3) is 9.62. The van der Waals surface area contributed by atoms with Crippen molar-refractivity contribution in [3.8, 4) is 0 Å². The van der Waals surface area contributed by atoms with Crippen LogP contribution in [0.25, 0.3) is 0 Å². The van der Waals surface area contributed by atoms with Gasteiger partial charge in [0, 0.05) is 36.5 Å². The molecule has 5 rings (SSSR count). The number of carboxylic acid groups (broad SMARTS) is 1. The lowest BCUT2D eigenvalue weighted by molar-refractivity contribution is -0.685. The van der Waals surface area contributed by atoms with Crippen LogP contribution in [0.5, 0.6) is 0 Å². The molecule has 0 aromatic carbocycles. The summed E-state index contributed by atoms with van der Waals surface area (Å²) in [4.78, 5) is 63.8. The van der Waals surface area contributed by atoms with Gasteiger partial charge in [0.25, 0.3) is 17.7 Å². The number of amides is 3. The van der Waals surface area contributed by atoms with Crippen molar-refractivity contribution in [2.45, 2.75) is 55.3 Å². The van der Waals surface area contributed by atoms with Crippen LogP contribution in [0.1, 0.15) is 31.4 Å². The van der Waals surface area contributed by atoms with Gasteiger partial charge in [0.05, 0.1) is 5.75 Å². The standard InChI is InChI=1S/C27H31N7O7S2.H2O4S/c1-32(2)20(35)11-33-9-7-16(8-10-33)42-14-19-23(26(38)39)34-18(12-40-19)22(25(34)37)30-24(36)21(17-13-43-27(28)29-17)31-41-15-5-3-4-6-15;1-5(2,3)4/h7-10,13,15,18,22H,3-6,11-12,14H2,1-2H3,(H3-,28,29,30,36,38,39);(H2,1,2,3,4)/b31-21-;/t18-,22+;/m1./s1. The summed E-state index contributed by atoms with van der Waals surface area (Å²) in [5.74, 6) is -2.29. The molecule has 2 atom stereocenters. The van der Waals surface area contributed by atoms with Gasteiger partial charge in [-0.1, -0.05) is 5.16 Å². The van der Waals surface area contributed by atoms with Crippen molar-refractivity contribution in [1.82, 2.24) is 20.1 Å². The van der Waals surface area contributed by atoms with Gasteiger partial charge in [0.15, 0.2) is 28.9 Å². The minimum Gasteiger partial charge on any atom is -0.726 e. The van der Waals surface area contributed by atoms with Gasteiger partial charge in [-0.3, -0.25) is 23.8 Å². The molecule has 2 aliphatic heterocycles. The second-order valence-corrected chi connectivity index (χ2v) is 13.6. The van der Waals surface area contributed by atoms with Gasteiger partial charge in [-0.25, -0.2) is 18.2 Å². The number of carboxylic acids is 1. The van der Waals surface area contributed by atoms with Crippen LogP contribution in [0.2, 0.25) is 0 Å². The molecule has 2 aromatic rings. The Morgan fingerprint density at radius 1 is 1.29 bits per heavy atom. The molecule has 0 radical (unpaired) electrons. The minimum absolute atomic E-state index is 0.000500. The number of fused-ring (bicyclic) bond motifs is 1. The van der Waals surface area contributed by atoms with Crippen molar-refractivity contribution < 1.29 is 55.9 Å². The molecule has 4 heterocycles. The topological polar surface area (TPSA) is 258 Å². The number of thiazole rings is 1. The maximum absolute atomic E-state index is 13.3. The van der Waals surface area contributed by atoms with E-state index < -0.39 is 40.3 Å². The maximum atomic E-state index is 13.3. The Balaban J connectivity index is 0.000000968. The average molecular weight is 728 g/mol. The molecule has 3 aliphatic rings. The van der Waals surface area contributed by atoms with Crippen LogP contribution >= 0.6 is 23.1 Å². The molecule has 18 nitrogen and oxygen atoms in total. The SMILES string of the molecule is CN(C)C(=O)C[n+]1ccc(SCC2=C(C(=O)O)N3C(=O)[C@@H](NC(=O)/C(=N\OC4CCCC4)c4csc(N)n4)[C@H]3CO2)cc1.O=S(=O)([O-])O. The van der Waals surface area contributed by atoms with E-state index in [4.69, 9.17) is 32.8 Å². The minimum atomic E-state index is -4.92. The van der Waals surface area contributed by atoms with Gasteiger partial charge < -0.3 is 35.2 Å².